The number of nitrogens with zero attached hydrogens (tertiary/aromatic N) is 3. The summed E-state index contributed by atoms with van der Waals surface area (Å²) in [7, 11) is 1.82. The number of allylic oxidation sites excluding steroid dienone is 2. The van der Waals surface area contributed by atoms with Crippen LogP contribution in [0.15, 0.2) is 58.7 Å². The van der Waals surface area contributed by atoms with Crippen LogP contribution in [0.3, 0.4) is 0 Å². The Morgan fingerprint density at radius 1 is 1.38 bits per heavy atom. The Balaban J connectivity index is 1.80. The molecular formula is C20H21N3O2S. The van der Waals surface area contributed by atoms with Crippen molar-refractivity contribution in [3.8, 4) is 11.3 Å². The lowest BCUT2D eigenvalue weighted by molar-refractivity contribution is -0.132. The Hall–Kier alpha value is -2.73. The van der Waals surface area contributed by atoms with Gasteiger partial charge in [-0.2, -0.15) is 5.10 Å². The molecule has 1 aliphatic rings. The van der Waals surface area contributed by atoms with Gasteiger partial charge in [0.25, 0.3) is 0 Å². The van der Waals surface area contributed by atoms with Crippen molar-refractivity contribution >= 4 is 28.7 Å². The number of carboxylic acid groups (broad SMARTS) is 1. The van der Waals surface area contributed by atoms with Gasteiger partial charge in [0.05, 0.1) is 17.5 Å². The third kappa shape index (κ3) is 3.91. The van der Waals surface area contributed by atoms with Gasteiger partial charge in [0.2, 0.25) is 5.13 Å². The fourth-order valence-corrected chi connectivity index (χ4v) is 3.62. The smallest absolute Gasteiger partial charge is 0.336 e. The number of hydrazone groups is 1. The maximum atomic E-state index is 11.4. The van der Waals surface area contributed by atoms with Crippen LogP contribution in [0.2, 0.25) is 0 Å². The first kappa shape index (κ1) is 18.1. The summed E-state index contributed by atoms with van der Waals surface area (Å²) < 4.78 is 0. The molecule has 6 heteroatoms. The van der Waals surface area contributed by atoms with Crippen LogP contribution < -0.4 is 5.01 Å². The van der Waals surface area contributed by atoms with Crippen molar-refractivity contribution in [2.24, 2.45) is 11.0 Å². The van der Waals surface area contributed by atoms with Gasteiger partial charge in [-0.25, -0.2) is 14.8 Å². The summed E-state index contributed by atoms with van der Waals surface area (Å²) in [6.07, 6.45) is 6.12. The van der Waals surface area contributed by atoms with Gasteiger partial charge >= 0.3 is 5.97 Å². The predicted molar refractivity (Wildman–Crippen MR) is 107 cm³/mol. The van der Waals surface area contributed by atoms with E-state index in [1.807, 2.05) is 57.3 Å². The van der Waals surface area contributed by atoms with Crippen molar-refractivity contribution in [2.75, 3.05) is 12.1 Å². The van der Waals surface area contributed by atoms with E-state index in [0.717, 1.165) is 27.7 Å². The second-order valence-electron chi connectivity index (χ2n) is 6.29. The SMILES string of the molecule is Cc1sc(N(C)/N=C/C2=CCC(C)C=C2C(=O)O)nc1-c1ccccc1. The molecule has 26 heavy (non-hydrogen) atoms. The zero-order valence-electron chi connectivity index (χ0n) is 15.0. The van der Waals surface area contributed by atoms with Gasteiger partial charge < -0.3 is 5.11 Å². The minimum Gasteiger partial charge on any atom is -0.478 e. The largest absolute Gasteiger partial charge is 0.478 e. The van der Waals surface area contributed by atoms with Gasteiger partial charge in [0, 0.05) is 23.1 Å². The number of hydrogen-bond acceptors (Lipinski definition) is 5. The summed E-state index contributed by atoms with van der Waals surface area (Å²) in [5, 5.41) is 16.2. The van der Waals surface area contributed by atoms with Crippen LogP contribution in [-0.2, 0) is 4.79 Å². The maximum absolute atomic E-state index is 11.4. The summed E-state index contributed by atoms with van der Waals surface area (Å²) in [5.74, 6) is -0.695. The average Bonchev–Trinajstić information content (AvgIpc) is 3.03. The molecule has 5 nitrogen and oxygen atoms in total. The Labute approximate surface area is 157 Å². The highest BCUT2D eigenvalue weighted by Crippen LogP contribution is 2.32. The third-order valence-electron chi connectivity index (χ3n) is 4.18. The van der Waals surface area contributed by atoms with E-state index in [4.69, 9.17) is 4.98 Å². The van der Waals surface area contributed by atoms with E-state index < -0.39 is 5.97 Å². The number of aliphatic carboxylic acids is 1. The minimum atomic E-state index is -0.923. The van der Waals surface area contributed by atoms with Crippen molar-refractivity contribution in [1.82, 2.24) is 4.98 Å². The average molecular weight is 367 g/mol. The molecule has 134 valence electrons. The Bertz CT molecular complexity index is 897. The normalized spacial score (nSPS) is 17.1. The Kier molecular flexibility index (Phi) is 5.32. The monoisotopic (exact) mass is 367 g/mol. The highest BCUT2D eigenvalue weighted by atomic mass is 32.1. The quantitative estimate of drug-likeness (QED) is 0.623. The number of aryl methyl sites for hydroxylation is 1. The molecule has 1 atom stereocenters. The summed E-state index contributed by atoms with van der Waals surface area (Å²) in [6.45, 7) is 4.04. The zero-order valence-corrected chi connectivity index (χ0v) is 15.8. The zero-order chi connectivity index (χ0) is 18.7. The summed E-state index contributed by atoms with van der Waals surface area (Å²) in [4.78, 5) is 17.2. The molecule has 1 unspecified atom stereocenters. The third-order valence-corrected chi connectivity index (χ3v) is 5.22. The number of carbonyl (C=O) groups is 1. The molecule has 0 saturated carbocycles. The van der Waals surface area contributed by atoms with Crippen molar-refractivity contribution in [3.05, 3.63) is 58.5 Å². The highest BCUT2D eigenvalue weighted by molar-refractivity contribution is 7.16. The standard InChI is InChI=1S/C20H21N3O2S/c1-13-9-10-16(17(11-13)19(24)25)12-21-23(3)20-22-18(14(2)26-20)15-7-5-4-6-8-15/h4-8,10-13H,9H2,1-3H3,(H,24,25)/b21-12+. The van der Waals surface area contributed by atoms with Crippen molar-refractivity contribution in [3.63, 3.8) is 0 Å². The van der Waals surface area contributed by atoms with Crippen LogP contribution in [0.25, 0.3) is 11.3 Å². The van der Waals surface area contributed by atoms with Gasteiger partial charge in [-0.05, 0) is 19.3 Å². The first-order valence-corrected chi connectivity index (χ1v) is 9.23. The topological polar surface area (TPSA) is 65.8 Å². The van der Waals surface area contributed by atoms with E-state index in [-0.39, 0.29) is 5.92 Å². The van der Waals surface area contributed by atoms with E-state index in [1.54, 1.807) is 28.6 Å². The molecule has 0 fully saturated rings. The van der Waals surface area contributed by atoms with Gasteiger partial charge in [0.1, 0.15) is 0 Å². The maximum Gasteiger partial charge on any atom is 0.336 e. The van der Waals surface area contributed by atoms with Crippen LogP contribution in [0.1, 0.15) is 18.2 Å². The summed E-state index contributed by atoms with van der Waals surface area (Å²) in [6, 6.07) is 10.0. The molecule has 1 N–H and O–H groups in total. The number of carboxylic acids is 1. The molecule has 1 aliphatic carbocycles. The van der Waals surface area contributed by atoms with Crippen LogP contribution in [0.5, 0.6) is 0 Å². The molecule has 0 amide bonds. The van der Waals surface area contributed by atoms with Crippen molar-refractivity contribution in [1.29, 1.82) is 0 Å². The van der Waals surface area contributed by atoms with Crippen LogP contribution in [0, 0.1) is 12.8 Å². The lowest BCUT2D eigenvalue weighted by atomic mass is 9.92. The number of anilines is 1. The van der Waals surface area contributed by atoms with E-state index in [2.05, 4.69) is 5.10 Å². The summed E-state index contributed by atoms with van der Waals surface area (Å²) >= 11 is 1.56. The highest BCUT2D eigenvalue weighted by Gasteiger charge is 2.18. The molecule has 1 aromatic carbocycles. The second kappa shape index (κ2) is 7.66. The molecule has 0 radical (unpaired) electrons. The van der Waals surface area contributed by atoms with Gasteiger partial charge in [-0.1, -0.05) is 60.7 Å². The predicted octanol–water partition coefficient (Wildman–Crippen LogP) is 4.52. The van der Waals surface area contributed by atoms with Crippen molar-refractivity contribution < 1.29 is 9.90 Å². The van der Waals surface area contributed by atoms with Gasteiger partial charge in [0.15, 0.2) is 0 Å². The lowest BCUT2D eigenvalue weighted by Crippen LogP contribution is -2.13. The number of hydrogen-bond donors (Lipinski definition) is 1. The number of thiazole rings is 1. The van der Waals surface area contributed by atoms with E-state index in [1.165, 1.54) is 0 Å². The molecule has 1 aromatic heterocycles. The lowest BCUT2D eigenvalue weighted by Gasteiger charge is -2.15. The Morgan fingerprint density at radius 3 is 2.81 bits per heavy atom. The Morgan fingerprint density at radius 2 is 2.12 bits per heavy atom. The molecule has 2 aromatic rings. The molecule has 0 spiro atoms. The number of benzene rings is 1. The number of rotatable bonds is 5. The van der Waals surface area contributed by atoms with Crippen LogP contribution >= 0.6 is 11.3 Å². The molecule has 1 heterocycles. The first-order valence-electron chi connectivity index (χ1n) is 8.42. The summed E-state index contributed by atoms with van der Waals surface area (Å²) in [5.41, 5.74) is 2.97. The minimum absolute atomic E-state index is 0.228. The van der Waals surface area contributed by atoms with Crippen LogP contribution in [0.4, 0.5) is 5.13 Å². The van der Waals surface area contributed by atoms with E-state index in [0.29, 0.717) is 11.1 Å². The fourth-order valence-electron chi connectivity index (χ4n) is 2.77. The molecule has 0 bridgehead atoms. The van der Waals surface area contributed by atoms with Gasteiger partial charge in [-0.3, -0.25) is 0 Å². The number of aromatic nitrogens is 1. The second-order valence-corrected chi connectivity index (χ2v) is 7.48. The fraction of sp³-hybridized carbons (Fsp3) is 0.250. The van der Waals surface area contributed by atoms with Gasteiger partial charge in [-0.15, -0.1) is 0 Å². The first-order chi connectivity index (χ1) is 12.5. The molecule has 0 saturated heterocycles. The molecular weight excluding hydrogens is 346 g/mol. The molecule has 0 aliphatic heterocycles. The van der Waals surface area contributed by atoms with Crippen molar-refractivity contribution in [2.45, 2.75) is 20.3 Å². The van der Waals surface area contributed by atoms with E-state index in [9.17, 15) is 9.90 Å². The molecule has 3 rings (SSSR count). The van der Waals surface area contributed by atoms with E-state index >= 15 is 0 Å². The van der Waals surface area contributed by atoms with Crippen LogP contribution in [-0.4, -0.2) is 29.3 Å².